The van der Waals surface area contributed by atoms with Crippen LogP contribution >= 0.6 is 11.3 Å². The first-order valence-corrected chi connectivity index (χ1v) is 8.78. The van der Waals surface area contributed by atoms with Gasteiger partial charge in [-0.05, 0) is 18.1 Å². The summed E-state index contributed by atoms with van der Waals surface area (Å²) in [5.41, 5.74) is 1.64. The largest absolute Gasteiger partial charge is 0.481 e. The molecule has 0 aliphatic heterocycles. The van der Waals surface area contributed by atoms with Crippen LogP contribution in [-0.2, 0) is 16.1 Å². The van der Waals surface area contributed by atoms with Gasteiger partial charge in [0.25, 0.3) is 0 Å². The Morgan fingerprint density at radius 3 is 2.73 bits per heavy atom. The lowest BCUT2D eigenvalue weighted by Gasteiger charge is -2.06. The van der Waals surface area contributed by atoms with E-state index in [1.807, 2.05) is 37.3 Å². The van der Waals surface area contributed by atoms with Crippen LogP contribution in [0.4, 0.5) is 5.82 Å². The second-order valence-corrected chi connectivity index (χ2v) is 6.59. The van der Waals surface area contributed by atoms with Gasteiger partial charge in [0, 0.05) is 6.54 Å². The number of hydrogen-bond donors (Lipinski definition) is 2. The average Bonchev–Trinajstić information content (AvgIpc) is 2.98. The molecule has 0 aliphatic carbocycles. The molecule has 0 aliphatic rings. The fraction of sp³-hybridized carbons (Fsp3) is 0.222. The molecule has 134 valence electrons. The molecule has 0 fully saturated rings. The van der Waals surface area contributed by atoms with Gasteiger partial charge in [0.15, 0.2) is 0 Å². The van der Waals surface area contributed by atoms with Crippen molar-refractivity contribution >= 4 is 39.3 Å². The number of ether oxygens (including phenoxy) is 1. The zero-order chi connectivity index (χ0) is 18.5. The molecule has 0 bridgehead atoms. The Hall–Kier alpha value is -3.00. The zero-order valence-electron chi connectivity index (χ0n) is 14.1. The number of benzene rings is 1. The van der Waals surface area contributed by atoms with E-state index >= 15 is 0 Å². The number of aliphatic carboxylic acids is 1. The maximum absolute atomic E-state index is 12.5. The molecule has 0 radical (unpaired) electrons. The van der Waals surface area contributed by atoms with Gasteiger partial charge in [0.05, 0.1) is 11.8 Å². The number of rotatable bonds is 7. The lowest BCUT2D eigenvalue weighted by Crippen LogP contribution is -2.09. The van der Waals surface area contributed by atoms with Crippen molar-refractivity contribution < 1.29 is 19.4 Å². The van der Waals surface area contributed by atoms with Crippen molar-refractivity contribution in [2.24, 2.45) is 0 Å². The van der Waals surface area contributed by atoms with E-state index in [1.54, 1.807) is 0 Å². The Morgan fingerprint density at radius 1 is 1.23 bits per heavy atom. The molecule has 7 nitrogen and oxygen atoms in total. The van der Waals surface area contributed by atoms with Gasteiger partial charge in [-0.2, -0.15) is 0 Å². The second-order valence-electron chi connectivity index (χ2n) is 5.59. The van der Waals surface area contributed by atoms with Crippen LogP contribution in [0, 0.1) is 6.92 Å². The van der Waals surface area contributed by atoms with Gasteiger partial charge in [0.1, 0.15) is 28.5 Å². The normalized spacial score (nSPS) is 10.7. The Labute approximate surface area is 153 Å². The molecule has 0 spiro atoms. The monoisotopic (exact) mass is 371 g/mol. The molecule has 3 rings (SSSR count). The Kier molecular flexibility index (Phi) is 5.43. The van der Waals surface area contributed by atoms with Crippen LogP contribution in [0.25, 0.3) is 10.2 Å². The van der Waals surface area contributed by atoms with Crippen molar-refractivity contribution in [2.45, 2.75) is 20.0 Å². The number of carbonyl (C=O) groups is 2. The maximum atomic E-state index is 12.5. The number of fused-ring (bicyclic) bond motifs is 1. The maximum Gasteiger partial charge on any atom is 0.349 e. The van der Waals surface area contributed by atoms with Crippen molar-refractivity contribution in [2.75, 3.05) is 11.9 Å². The van der Waals surface area contributed by atoms with Crippen LogP contribution in [0.5, 0.6) is 0 Å². The first kappa shape index (κ1) is 17.8. The highest BCUT2D eigenvalue weighted by atomic mass is 32.1. The molecule has 0 saturated carbocycles. The van der Waals surface area contributed by atoms with Crippen molar-refractivity contribution in [3.8, 4) is 0 Å². The summed E-state index contributed by atoms with van der Waals surface area (Å²) in [6.45, 7) is 2.25. The highest BCUT2D eigenvalue weighted by Crippen LogP contribution is 2.33. The minimum Gasteiger partial charge on any atom is -0.481 e. The third-order valence-corrected chi connectivity index (χ3v) is 4.94. The number of carboxylic acids is 1. The van der Waals surface area contributed by atoms with E-state index in [9.17, 15) is 9.59 Å². The Bertz CT molecular complexity index is 940. The molecule has 8 heteroatoms. The predicted molar refractivity (Wildman–Crippen MR) is 98.5 cm³/mol. The number of carboxylic acid groups (broad SMARTS) is 1. The molecule has 2 aromatic heterocycles. The lowest BCUT2D eigenvalue weighted by atomic mass is 10.2. The van der Waals surface area contributed by atoms with Crippen LogP contribution in [0.2, 0.25) is 0 Å². The summed E-state index contributed by atoms with van der Waals surface area (Å²) in [7, 11) is 0. The molecule has 3 aromatic rings. The Balaban J connectivity index is 1.79. The highest BCUT2D eigenvalue weighted by Gasteiger charge is 2.20. The van der Waals surface area contributed by atoms with Crippen LogP contribution in [0.1, 0.15) is 27.2 Å². The van der Waals surface area contributed by atoms with Gasteiger partial charge in [-0.15, -0.1) is 11.3 Å². The summed E-state index contributed by atoms with van der Waals surface area (Å²) in [4.78, 5) is 32.6. The molecule has 1 aromatic carbocycles. The van der Waals surface area contributed by atoms with Crippen molar-refractivity contribution in [3.05, 3.63) is 52.7 Å². The van der Waals surface area contributed by atoms with Gasteiger partial charge < -0.3 is 15.2 Å². The fourth-order valence-corrected chi connectivity index (χ4v) is 3.52. The number of nitrogens with one attached hydrogen (secondary N) is 1. The van der Waals surface area contributed by atoms with Gasteiger partial charge in [-0.25, -0.2) is 14.8 Å². The van der Waals surface area contributed by atoms with E-state index in [1.165, 1.54) is 17.7 Å². The number of anilines is 1. The van der Waals surface area contributed by atoms with Gasteiger partial charge >= 0.3 is 11.9 Å². The van der Waals surface area contributed by atoms with Gasteiger partial charge in [0.2, 0.25) is 0 Å². The number of hydrogen-bond acceptors (Lipinski definition) is 7. The van der Waals surface area contributed by atoms with Gasteiger partial charge in [-0.3, -0.25) is 4.79 Å². The van der Waals surface area contributed by atoms with Crippen LogP contribution in [0.3, 0.4) is 0 Å². The number of aryl methyl sites for hydroxylation is 1. The molecule has 2 heterocycles. The third kappa shape index (κ3) is 3.97. The van der Waals surface area contributed by atoms with Gasteiger partial charge in [-0.1, -0.05) is 30.3 Å². The summed E-state index contributed by atoms with van der Waals surface area (Å²) in [6, 6.07) is 9.46. The standard InChI is InChI=1S/C18H17N3O4S/c1-11-14-16(19-8-7-13(22)23)20-10-21-17(14)26-15(11)18(24)25-9-12-5-3-2-4-6-12/h2-6,10H,7-9H2,1H3,(H,22,23)(H,19,20,21). The van der Waals surface area contributed by atoms with Crippen LogP contribution in [0.15, 0.2) is 36.7 Å². The molecule has 0 amide bonds. The van der Waals surface area contributed by atoms with E-state index in [2.05, 4.69) is 15.3 Å². The topological polar surface area (TPSA) is 101 Å². The van der Waals surface area contributed by atoms with Crippen LogP contribution < -0.4 is 5.32 Å². The molecule has 0 unspecified atom stereocenters. The number of nitrogens with zero attached hydrogens (tertiary/aromatic N) is 2. The van der Waals surface area contributed by atoms with E-state index in [-0.39, 0.29) is 19.6 Å². The highest BCUT2D eigenvalue weighted by molar-refractivity contribution is 7.20. The summed E-state index contributed by atoms with van der Waals surface area (Å²) in [5, 5.41) is 12.5. The minimum absolute atomic E-state index is 0.0271. The first-order chi connectivity index (χ1) is 12.6. The fourth-order valence-electron chi connectivity index (χ4n) is 2.48. The average molecular weight is 371 g/mol. The molecule has 26 heavy (non-hydrogen) atoms. The third-order valence-electron chi connectivity index (χ3n) is 3.76. The van der Waals surface area contributed by atoms with E-state index < -0.39 is 11.9 Å². The molecule has 0 atom stereocenters. The summed E-state index contributed by atoms with van der Waals surface area (Å²) >= 11 is 1.24. The van der Waals surface area contributed by atoms with E-state index in [0.29, 0.717) is 15.5 Å². The van der Waals surface area contributed by atoms with Crippen molar-refractivity contribution in [3.63, 3.8) is 0 Å². The molecular formula is C18H17N3O4S. The number of carbonyl (C=O) groups excluding carboxylic acids is 1. The van der Waals surface area contributed by atoms with Crippen molar-refractivity contribution in [1.29, 1.82) is 0 Å². The van der Waals surface area contributed by atoms with E-state index in [0.717, 1.165) is 16.5 Å². The summed E-state index contributed by atoms with van der Waals surface area (Å²) in [6.07, 6.45) is 1.36. The molecule has 0 saturated heterocycles. The van der Waals surface area contributed by atoms with E-state index in [4.69, 9.17) is 9.84 Å². The van der Waals surface area contributed by atoms with Crippen LogP contribution in [-0.4, -0.2) is 33.6 Å². The summed E-state index contributed by atoms with van der Waals surface area (Å²) < 4.78 is 5.40. The number of thiophene rings is 1. The smallest absolute Gasteiger partial charge is 0.349 e. The first-order valence-electron chi connectivity index (χ1n) is 7.97. The number of aromatic nitrogens is 2. The Morgan fingerprint density at radius 2 is 2.00 bits per heavy atom. The predicted octanol–water partition coefficient (Wildman–Crippen LogP) is 3.24. The van der Waals surface area contributed by atoms with Crippen molar-refractivity contribution in [1.82, 2.24) is 9.97 Å². The summed E-state index contributed by atoms with van der Waals surface area (Å²) in [5.74, 6) is -0.784. The zero-order valence-corrected chi connectivity index (χ0v) is 14.9. The second kappa shape index (κ2) is 7.92. The quantitative estimate of drug-likeness (QED) is 0.615. The molecular weight excluding hydrogens is 354 g/mol. The number of esters is 1. The molecule has 2 N–H and O–H groups in total. The minimum atomic E-state index is -0.894. The SMILES string of the molecule is Cc1c(C(=O)OCc2ccccc2)sc2ncnc(NCCC(=O)O)c12. The lowest BCUT2D eigenvalue weighted by molar-refractivity contribution is -0.136.